The van der Waals surface area contributed by atoms with Gasteiger partial charge < -0.3 is 0 Å². The maximum Gasteiger partial charge on any atom is 2.00 e. The Kier molecular flexibility index (Phi) is 9.39. The van der Waals surface area contributed by atoms with Crippen LogP contribution in [-0.2, 0) is 17.1 Å². The summed E-state index contributed by atoms with van der Waals surface area (Å²) in [4.78, 5) is 0. The number of hydrogen-bond donors (Lipinski definition) is 0. The number of rotatable bonds is 6. The second-order valence-corrected chi connectivity index (χ2v) is 10.0. The molecule has 0 bridgehead atoms. The van der Waals surface area contributed by atoms with E-state index in [9.17, 15) is 0 Å². The maximum atomic E-state index is 4.16. The number of fused-ring (bicyclic) bond motifs is 1. The van der Waals surface area contributed by atoms with Gasteiger partial charge in [0.1, 0.15) is 0 Å². The van der Waals surface area contributed by atoms with Gasteiger partial charge in [-0.2, -0.15) is 0 Å². The van der Waals surface area contributed by atoms with E-state index in [1.165, 1.54) is 69.1 Å². The Bertz CT molecular complexity index is 539. The summed E-state index contributed by atoms with van der Waals surface area (Å²) >= 11 is 0. The van der Waals surface area contributed by atoms with Crippen LogP contribution in [0.4, 0.5) is 0 Å². The monoisotopic (exact) mass is 434 g/mol. The third-order valence-electron chi connectivity index (χ3n) is 6.60. The van der Waals surface area contributed by atoms with Crippen molar-refractivity contribution in [3.63, 3.8) is 0 Å². The van der Waals surface area contributed by atoms with Crippen LogP contribution in [-0.4, -0.2) is 0 Å². The second-order valence-electron chi connectivity index (χ2n) is 8.71. The molecule has 3 aliphatic rings. The van der Waals surface area contributed by atoms with E-state index in [-0.39, 0.29) is 17.1 Å². The first kappa shape index (κ1) is 24.7. The summed E-state index contributed by atoms with van der Waals surface area (Å²) in [6.07, 6.45) is 11.1. The third-order valence-corrected chi connectivity index (χ3v) is 7.99. The zero-order valence-electron chi connectivity index (χ0n) is 18.5. The molecule has 0 N–H and O–H groups in total. The molecule has 28 heavy (non-hydrogen) atoms. The predicted molar refractivity (Wildman–Crippen MR) is 120 cm³/mol. The van der Waals surface area contributed by atoms with Crippen LogP contribution in [0.3, 0.4) is 0 Å². The molecule has 3 rings (SSSR count). The average molecular weight is 434 g/mol. The topological polar surface area (TPSA) is 0 Å². The molecule has 0 amide bonds. The van der Waals surface area contributed by atoms with Gasteiger partial charge in [0.2, 0.25) is 0 Å². The molecule has 2 heteroatoms. The van der Waals surface area contributed by atoms with Crippen molar-refractivity contribution in [2.75, 3.05) is 0 Å². The minimum atomic E-state index is 0. The van der Waals surface area contributed by atoms with E-state index < -0.39 is 0 Å². The molecule has 0 aromatic carbocycles. The van der Waals surface area contributed by atoms with Crippen LogP contribution in [0, 0.1) is 52.7 Å². The van der Waals surface area contributed by atoms with E-state index in [1.807, 2.05) is 0 Å². The summed E-state index contributed by atoms with van der Waals surface area (Å²) < 4.78 is 0. The van der Waals surface area contributed by atoms with Crippen molar-refractivity contribution in [2.24, 2.45) is 0 Å². The molecule has 0 aromatic rings. The SMILES string of the molecule is C=C(C)C[C]1[P][C](C/C(C)=C\C[C]2[C](C)[C](C)[C](C)[C]2C)[C]2CCCC[C]12.[Fe+2]. The van der Waals surface area contributed by atoms with Crippen LogP contribution in [0.2, 0.25) is 0 Å². The molecule has 0 atom stereocenters. The van der Waals surface area contributed by atoms with Gasteiger partial charge in [0, 0.05) is 11.3 Å². The predicted octanol–water partition coefficient (Wildman–Crippen LogP) is 8.39. The third kappa shape index (κ3) is 5.37. The first-order valence-corrected chi connectivity index (χ1v) is 11.4. The molecule has 150 valence electrons. The molecule has 1 aliphatic heterocycles. The summed E-state index contributed by atoms with van der Waals surface area (Å²) in [5.41, 5.74) is 6.16. The molecule has 3 fully saturated rings. The van der Waals surface area contributed by atoms with E-state index in [2.05, 4.69) is 54.2 Å². The van der Waals surface area contributed by atoms with Gasteiger partial charge in [-0.15, -0.1) is 6.58 Å². The summed E-state index contributed by atoms with van der Waals surface area (Å²) in [7, 11) is 1.49. The van der Waals surface area contributed by atoms with Crippen LogP contribution >= 0.6 is 8.58 Å². The fourth-order valence-electron chi connectivity index (χ4n) is 4.63. The minimum Gasteiger partial charge on any atom is -0.100 e. The largest absolute Gasteiger partial charge is 2.00 e. The Morgan fingerprint density at radius 2 is 1.36 bits per heavy atom. The Morgan fingerprint density at radius 1 is 0.857 bits per heavy atom. The summed E-state index contributed by atoms with van der Waals surface area (Å²) in [6.45, 7) is 17.8. The van der Waals surface area contributed by atoms with Gasteiger partial charge in [-0.05, 0) is 87.4 Å². The van der Waals surface area contributed by atoms with Crippen molar-refractivity contribution in [3.05, 3.63) is 76.5 Å². The quantitative estimate of drug-likeness (QED) is 0.224. The Hall–Kier alpha value is 0.429. The van der Waals surface area contributed by atoms with Crippen LogP contribution < -0.4 is 0 Å². The van der Waals surface area contributed by atoms with Gasteiger partial charge >= 0.3 is 17.1 Å². The van der Waals surface area contributed by atoms with Gasteiger partial charge in [-0.25, -0.2) is 0 Å². The van der Waals surface area contributed by atoms with Gasteiger partial charge in [0.05, 0.1) is 0 Å². The normalized spacial score (nSPS) is 27.0. The number of allylic oxidation sites excluding steroid dienone is 3. The van der Waals surface area contributed by atoms with Crippen molar-refractivity contribution in [1.29, 1.82) is 0 Å². The van der Waals surface area contributed by atoms with Crippen LogP contribution in [0.25, 0.3) is 0 Å². The van der Waals surface area contributed by atoms with E-state index in [4.69, 9.17) is 0 Å². The van der Waals surface area contributed by atoms with Crippen molar-refractivity contribution < 1.29 is 17.1 Å². The standard InChI is InChI=1S/C26H35P.Fe/c1-16(2)14-25-23-10-8-9-11-24(23)26(27-25)15-17(3)12-13-22-20(6)18(4)19(5)21(22)7;/h12H,1,8-11,13-15H2,2-7H3;/q;+2/b17-12-;. The van der Waals surface area contributed by atoms with Gasteiger partial charge in [0.15, 0.2) is 0 Å². The first-order valence-electron chi connectivity index (χ1n) is 10.5. The molecule has 0 unspecified atom stereocenters. The minimum absolute atomic E-state index is 0. The molecular formula is C26H35FeP+2. The Morgan fingerprint density at radius 3 is 1.86 bits per heavy atom. The molecule has 2 saturated carbocycles. The van der Waals surface area contributed by atoms with Gasteiger partial charge in [0.25, 0.3) is 0 Å². The van der Waals surface area contributed by atoms with E-state index in [0.717, 1.165) is 19.3 Å². The van der Waals surface area contributed by atoms with E-state index >= 15 is 0 Å². The fourth-order valence-corrected chi connectivity index (χ4v) is 6.40. The molecule has 0 aromatic heterocycles. The molecule has 1 saturated heterocycles. The summed E-state index contributed by atoms with van der Waals surface area (Å²) in [5.74, 6) is 10.9. The number of hydrogen-bond acceptors (Lipinski definition) is 0. The first-order chi connectivity index (χ1) is 12.8. The Labute approximate surface area is 188 Å². The van der Waals surface area contributed by atoms with Crippen LogP contribution in [0.15, 0.2) is 23.8 Å². The molecule has 10 radical (unpaired) electrons. The average Bonchev–Trinajstić information content (AvgIpc) is 3.05. The molecule has 0 nitrogen and oxygen atoms in total. The summed E-state index contributed by atoms with van der Waals surface area (Å²) in [6, 6.07) is 0. The zero-order valence-corrected chi connectivity index (χ0v) is 20.5. The van der Waals surface area contributed by atoms with Crippen LogP contribution in [0.1, 0.15) is 86.5 Å². The molecule has 2 aliphatic carbocycles. The Balaban J connectivity index is 0.00000280. The van der Waals surface area contributed by atoms with Crippen LogP contribution in [0.5, 0.6) is 0 Å². The fraction of sp³-hybridized carbons (Fsp3) is 0.500. The molecule has 1 heterocycles. The van der Waals surface area contributed by atoms with Gasteiger partial charge in [-0.1, -0.05) is 66.3 Å². The van der Waals surface area contributed by atoms with Gasteiger partial charge in [-0.3, -0.25) is 0 Å². The second kappa shape index (κ2) is 10.6. The van der Waals surface area contributed by atoms with Crippen molar-refractivity contribution in [2.45, 2.75) is 86.5 Å². The molecule has 0 spiro atoms. The molecular weight excluding hydrogens is 399 g/mol. The maximum absolute atomic E-state index is 4.16. The summed E-state index contributed by atoms with van der Waals surface area (Å²) in [5, 5.41) is 0. The van der Waals surface area contributed by atoms with Crippen molar-refractivity contribution in [3.8, 4) is 0 Å². The van der Waals surface area contributed by atoms with Crippen molar-refractivity contribution in [1.82, 2.24) is 0 Å². The van der Waals surface area contributed by atoms with Crippen molar-refractivity contribution >= 4 is 8.58 Å². The zero-order chi connectivity index (χ0) is 19.7. The van der Waals surface area contributed by atoms with E-state index in [1.54, 1.807) is 29.1 Å². The smallest absolute Gasteiger partial charge is 0.100 e. The van der Waals surface area contributed by atoms with E-state index in [0.29, 0.717) is 0 Å².